The predicted octanol–water partition coefficient (Wildman–Crippen LogP) is 1.34. The molecule has 0 saturated carbocycles. The number of ether oxygens (including phenoxy) is 1. The summed E-state index contributed by atoms with van der Waals surface area (Å²) in [5.74, 6) is -0.333. The van der Waals surface area contributed by atoms with Crippen LogP contribution in [0.4, 0.5) is 11.5 Å². The summed E-state index contributed by atoms with van der Waals surface area (Å²) < 4.78 is 8.28. The Morgan fingerprint density at radius 2 is 2.16 bits per heavy atom. The average Bonchev–Trinajstić information content (AvgIpc) is 3.17. The first kappa shape index (κ1) is 22.6. The van der Waals surface area contributed by atoms with Crippen LogP contribution in [0.25, 0.3) is 5.52 Å². The van der Waals surface area contributed by atoms with E-state index >= 15 is 0 Å². The number of fused-ring (bicyclic) bond motifs is 1. The maximum atomic E-state index is 13.1. The van der Waals surface area contributed by atoms with E-state index in [0.29, 0.717) is 18.1 Å². The number of methoxy groups -OCH3 is 1. The van der Waals surface area contributed by atoms with Crippen molar-refractivity contribution < 1.29 is 9.53 Å². The highest BCUT2D eigenvalue weighted by Gasteiger charge is 2.24. The van der Waals surface area contributed by atoms with Gasteiger partial charge < -0.3 is 15.4 Å². The molecule has 3 aromatic rings. The van der Waals surface area contributed by atoms with Crippen LogP contribution in [0, 0.1) is 0 Å². The van der Waals surface area contributed by atoms with Gasteiger partial charge in [-0.2, -0.15) is 0 Å². The van der Waals surface area contributed by atoms with Crippen LogP contribution in [-0.4, -0.2) is 50.9 Å². The number of nitrogen functional groups attached to an aromatic ring is 1. The average molecular weight is 447 g/mol. The van der Waals surface area contributed by atoms with Gasteiger partial charge in [0.25, 0.3) is 5.56 Å². The molecule has 0 atom stereocenters. The number of anilines is 2. The molecule has 3 N–H and O–H groups in total. The van der Waals surface area contributed by atoms with Crippen LogP contribution in [0.15, 0.2) is 45.3 Å². The third-order valence-electron chi connectivity index (χ3n) is 4.77. The second-order valence-corrected chi connectivity index (χ2v) is 7.80. The number of carbonyl (C=O) groups is 1. The lowest BCUT2D eigenvalue weighted by Gasteiger charge is -2.24. The van der Waals surface area contributed by atoms with Crippen LogP contribution in [0.5, 0.6) is 0 Å². The van der Waals surface area contributed by atoms with E-state index in [0.717, 1.165) is 11.9 Å². The van der Waals surface area contributed by atoms with Crippen molar-refractivity contribution in [2.75, 3.05) is 36.6 Å². The van der Waals surface area contributed by atoms with Crippen LogP contribution in [0.3, 0.4) is 0 Å². The van der Waals surface area contributed by atoms with E-state index in [1.165, 1.54) is 28.3 Å². The van der Waals surface area contributed by atoms with Gasteiger partial charge in [0.2, 0.25) is 5.91 Å². The number of pyridine rings is 1. The van der Waals surface area contributed by atoms with Crippen LogP contribution in [-0.2, 0) is 16.1 Å². The molecule has 0 aliphatic carbocycles. The first-order chi connectivity index (χ1) is 15.0. The largest absolute Gasteiger partial charge is 0.383 e. The van der Waals surface area contributed by atoms with Crippen molar-refractivity contribution in [3.8, 4) is 0 Å². The van der Waals surface area contributed by atoms with Gasteiger partial charge in [0.15, 0.2) is 10.8 Å². The highest BCUT2D eigenvalue weighted by Crippen LogP contribution is 2.22. The number of thioether (sulfide) groups is 1. The van der Waals surface area contributed by atoms with E-state index in [9.17, 15) is 14.4 Å². The number of nitrogens with two attached hydrogens (primary N) is 1. The molecule has 1 amide bonds. The zero-order chi connectivity index (χ0) is 22.4. The maximum Gasteiger partial charge on any atom is 0.330 e. The monoisotopic (exact) mass is 446 g/mol. The predicted molar refractivity (Wildman–Crippen MR) is 121 cm³/mol. The van der Waals surface area contributed by atoms with Crippen LogP contribution >= 0.6 is 11.8 Å². The van der Waals surface area contributed by atoms with Crippen molar-refractivity contribution in [1.82, 2.24) is 18.9 Å². The van der Waals surface area contributed by atoms with E-state index < -0.39 is 11.2 Å². The standard InChI is InChI=1S/C20H26N6O4S/c1-3-4-8-26-17(21)16(18(28)23-19(26)29)25(10-11-30-2)15(27)13-31-20-22-12-14-7-5-6-9-24(14)20/h5-7,9,12H,3-4,8,10-11,13,21H2,1-2H3,(H,23,28,29). The van der Waals surface area contributed by atoms with Crippen molar-refractivity contribution in [3.63, 3.8) is 0 Å². The Balaban J connectivity index is 1.90. The molecule has 0 spiro atoms. The zero-order valence-corrected chi connectivity index (χ0v) is 18.4. The Kier molecular flexibility index (Phi) is 7.53. The number of hydrogen-bond donors (Lipinski definition) is 2. The molecule has 10 nitrogen and oxygen atoms in total. The third kappa shape index (κ3) is 5.00. The van der Waals surface area contributed by atoms with Crippen molar-refractivity contribution in [1.29, 1.82) is 0 Å². The van der Waals surface area contributed by atoms with Gasteiger partial charge in [0.1, 0.15) is 5.82 Å². The Morgan fingerprint density at radius 1 is 1.35 bits per heavy atom. The number of rotatable bonds is 10. The van der Waals surface area contributed by atoms with Gasteiger partial charge in [-0.05, 0) is 18.6 Å². The summed E-state index contributed by atoms with van der Waals surface area (Å²) in [7, 11) is 1.50. The van der Waals surface area contributed by atoms with Crippen molar-refractivity contribution >= 4 is 34.7 Å². The van der Waals surface area contributed by atoms with Crippen molar-refractivity contribution in [3.05, 3.63) is 51.4 Å². The van der Waals surface area contributed by atoms with Gasteiger partial charge in [0, 0.05) is 26.4 Å². The summed E-state index contributed by atoms with van der Waals surface area (Å²) >= 11 is 1.25. The van der Waals surface area contributed by atoms with Crippen LogP contribution < -0.4 is 21.9 Å². The van der Waals surface area contributed by atoms with E-state index in [-0.39, 0.29) is 36.3 Å². The molecule has 0 aliphatic rings. The first-order valence-electron chi connectivity index (χ1n) is 9.94. The minimum Gasteiger partial charge on any atom is -0.383 e. The minimum atomic E-state index is -0.698. The number of carbonyl (C=O) groups excluding carboxylic acids is 1. The van der Waals surface area contributed by atoms with Gasteiger partial charge in [-0.25, -0.2) is 9.78 Å². The lowest BCUT2D eigenvalue weighted by atomic mass is 10.3. The quantitative estimate of drug-likeness (QED) is 0.450. The molecule has 11 heteroatoms. The topological polar surface area (TPSA) is 128 Å². The number of nitrogens with one attached hydrogen (secondary N) is 1. The summed E-state index contributed by atoms with van der Waals surface area (Å²) in [4.78, 5) is 45.8. The Bertz CT molecular complexity index is 1170. The molecular weight excluding hydrogens is 420 g/mol. The summed E-state index contributed by atoms with van der Waals surface area (Å²) in [6, 6.07) is 5.71. The van der Waals surface area contributed by atoms with Gasteiger partial charge in [-0.1, -0.05) is 31.2 Å². The summed E-state index contributed by atoms with van der Waals surface area (Å²) in [6.07, 6.45) is 5.15. The number of H-pyrrole nitrogens is 1. The van der Waals surface area contributed by atoms with E-state index in [1.54, 1.807) is 6.20 Å². The Hall–Kier alpha value is -3.05. The van der Waals surface area contributed by atoms with Gasteiger partial charge in [-0.3, -0.25) is 23.5 Å². The van der Waals surface area contributed by atoms with Crippen LogP contribution in [0.2, 0.25) is 0 Å². The highest BCUT2D eigenvalue weighted by atomic mass is 32.2. The molecule has 0 unspecified atom stereocenters. The van der Waals surface area contributed by atoms with Crippen molar-refractivity contribution in [2.24, 2.45) is 0 Å². The summed E-state index contributed by atoms with van der Waals surface area (Å²) in [6.45, 7) is 2.66. The van der Waals surface area contributed by atoms with Gasteiger partial charge >= 0.3 is 5.69 Å². The number of amides is 1. The van der Waals surface area contributed by atoms with Gasteiger partial charge in [0.05, 0.1) is 24.1 Å². The lowest BCUT2D eigenvalue weighted by molar-refractivity contribution is -0.116. The molecule has 31 heavy (non-hydrogen) atoms. The molecule has 0 radical (unpaired) electrons. The fraction of sp³-hybridized carbons (Fsp3) is 0.400. The number of hydrogen-bond acceptors (Lipinski definition) is 7. The van der Waals surface area contributed by atoms with E-state index in [2.05, 4.69) is 9.97 Å². The van der Waals surface area contributed by atoms with E-state index in [1.807, 2.05) is 35.7 Å². The Labute approximate surface area is 183 Å². The SMILES string of the molecule is CCCCn1c(N)c(N(CCOC)C(=O)CSc2ncc3ccccn23)c(=O)[nH]c1=O. The van der Waals surface area contributed by atoms with Crippen molar-refractivity contribution in [2.45, 2.75) is 31.5 Å². The fourth-order valence-corrected chi connectivity index (χ4v) is 3.99. The Morgan fingerprint density at radius 3 is 2.90 bits per heavy atom. The number of imidazole rings is 1. The molecule has 0 fully saturated rings. The number of aromatic nitrogens is 4. The van der Waals surface area contributed by atoms with Crippen LogP contribution in [0.1, 0.15) is 19.8 Å². The lowest BCUT2D eigenvalue weighted by Crippen LogP contribution is -2.43. The normalized spacial score (nSPS) is 11.2. The minimum absolute atomic E-state index is 0.0251. The molecule has 0 saturated heterocycles. The molecule has 0 aliphatic heterocycles. The highest BCUT2D eigenvalue weighted by molar-refractivity contribution is 7.99. The molecule has 0 bridgehead atoms. The smallest absolute Gasteiger partial charge is 0.330 e. The number of unbranched alkanes of at least 4 members (excludes halogenated alkanes) is 1. The molecule has 3 rings (SSSR count). The number of nitrogens with zero attached hydrogens (tertiary/aromatic N) is 4. The molecule has 3 aromatic heterocycles. The number of aromatic amines is 1. The molecule has 0 aromatic carbocycles. The summed E-state index contributed by atoms with van der Waals surface area (Å²) in [5, 5.41) is 0.658. The third-order valence-corrected chi connectivity index (χ3v) is 5.72. The fourth-order valence-electron chi connectivity index (χ4n) is 3.15. The van der Waals surface area contributed by atoms with Gasteiger partial charge in [-0.15, -0.1) is 0 Å². The molecule has 3 heterocycles. The molecule has 166 valence electrons. The molecular formula is C20H26N6O4S. The zero-order valence-electron chi connectivity index (χ0n) is 17.5. The van der Waals surface area contributed by atoms with E-state index in [4.69, 9.17) is 10.5 Å². The second-order valence-electron chi connectivity index (χ2n) is 6.86. The maximum absolute atomic E-state index is 13.1. The second kappa shape index (κ2) is 10.3. The summed E-state index contributed by atoms with van der Waals surface area (Å²) in [5.41, 5.74) is 5.78. The first-order valence-corrected chi connectivity index (χ1v) is 10.9.